The third-order valence-electron chi connectivity index (χ3n) is 3.45. The minimum atomic E-state index is -3.66. The Morgan fingerprint density at radius 3 is 2.14 bits per heavy atom. The molecule has 4 nitrogen and oxygen atoms in total. The van der Waals surface area contributed by atoms with E-state index in [1.54, 1.807) is 30.3 Å². The Morgan fingerprint density at radius 2 is 1.57 bits per heavy atom. The van der Waals surface area contributed by atoms with E-state index >= 15 is 0 Å². The molecule has 21 heavy (non-hydrogen) atoms. The summed E-state index contributed by atoms with van der Waals surface area (Å²) in [7, 11) is -0.719. The Hall–Kier alpha value is -2.01. The van der Waals surface area contributed by atoms with E-state index in [1.165, 1.54) is 20.3 Å². The summed E-state index contributed by atoms with van der Waals surface area (Å²) in [4.78, 5) is 0.352. The highest BCUT2D eigenvalue weighted by atomic mass is 32.2. The molecule has 0 amide bonds. The normalized spacial score (nSPS) is 11.2. The third-order valence-corrected chi connectivity index (χ3v) is 5.22. The number of aryl methyl sites for hydroxylation is 2. The number of rotatable bonds is 4. The van der Waals surface area contributed by atoms with Crippen LogP contribution in [0.2, 0.25) is 0 Å². The maximum atomic E-state index is 12.8. The predicted molar refractivity (Wildman–Crippen MR) is 80.9 cm³/mol. The lowest BCUT2D eigenvalue weighted by atomic mass is 10.1. The predicted octanol–water partition coefficient (Wildman–Crippen LogP) is 3.15. The van der Waals surface area contributed by atoms with Crippen LogP contribution in [0.25, 0.3) is 0 Å². The molecule has 5 heteroatoms. The van der Waals surface area contributed by atoms with Crippen LogP contribution in [0.15, 0.2) is 46.2 Å². The Balaban J connectivity index is 2.65. The first kappa shape index (κ1) is 15.4. The second kappa shape index (κ2) is 5.77. The zero-order valence-electron chi connectivity index (χ0n) is 12.5. The molecule has 0 radical (unpaired) electrons. The van der Waals surface area contributed by atoms with Gasteiger partial charge in [-0.15, -0.1) is 0 Å². The van der Waals surface area contributed by atoms with Crippen molar-refractivity contribution in [3.63, 3.8) is 0 Å². The molecule has 0 bridgehead atoms. The van der Waals surface area contributed by atoms with Gasteiger partial charge in [-0.3, -0.25) is 0 Å². The zero-order chi connectivity index (χ0) is 15.6. The van der Waals surface area contributed by atoms with Gasteiger partial charge in [0.1, 0.15) is 16.4 Å². The molecule has 0 spiro atoms. The van der Waals surface area contributed by atoms with E-state index in [2.05, 4.69) is 0 Å². The number of benzene rings is 2. The van der Waals surface area contributed by atoms with Crippen molar-refractivity contribution in [3.8, 4) is 11.5 Å². The van der Waals surface area contributed by atoms with E-state index in [1.807, 2.05) is 13.8 Å². The lowest BCUT2D eigenvalue weighted by molar-refractivity contribution is 0.392. The van der Waals surface area contributed by atoms with E-state index in [4.69, 9.17) is 9.47 Å². The lowest BCUT2D eigenvalue weighted by Crippen LogP contribution is -2.05. The van der Waals surface area contributed by atoms with Crippen LogP contribution in [0, 0.1) is 13.8 Å². The number of sulfone groups is 1. The molecule has 0 heterocycles. The largest absolute Gasteiger partial charge is 0.497 e. The Kier molecular flexibility index (Phi) is 4.23. The highest BCUT2D eigenvalue weighted by molar-refractivity contribution is 7.91. The fraction of sp³-hybridized carbons (Fsp3) is 0.250. The van der Waals surface area contributed by atoms with Crippen LogP contribution in [-0.2, 0) is 9.84 Å². The molecule has 0 aliphatic rings. The minimum absolute atomic E-state index is 0.104. The highest BCUT2D eigenvalue weighted by Gasteiger charge is 2.23. The van der Waals surface area contributed by atoms with Crippen LogP contribution in [-0.4, -0.2) is 22.6 Å². The molecule has 0 aliphatic heterocycles. The summed E-state index contributed by atoms with van der Waals surface area (Å²) in [6.07, 6.45) is 0. The van der Waals surface area contributed by atoms with Gasteiger partial charge >= 0.3 is 0 Å². The number of hydrogen-bond acceptors (Lipinski definition) is 4. The number of ether oxygens (including phenoxy) is 2. The fourth-order valence-corrected chi connectivity index (χ4v) is 3.52. The SMILES string of the molecule is COc1ccc(OC)c(S(=O)(=O)c2ccc(C)c(C)c2)c1. The van der Waals surface area contributed by atoms with Gasteiger partial charge in [0.15, 0.2) is 0 Å². The molecule has 0 unspecified atom stereocenters. The summed E-state index contributed by atoms with van der Waals surface area (Å²) in [6.45, 7) is 3.83. The molecule has 0 aromatic heterocycles. The second-order valence-electron chi connectivity index (χ2n) is 4.77. The molecule has 0 saturated carbocycles. The van der Waals surface area contributed by atoms with Crippen molar-refractivity contribution in [2.45, 2.75) is 23.6 Å². The van der Waals surface area contributed by atoms with Crippen LogP contribution in [0.5, 0.6) is 11.5 Å². The smallest absolute Gasteiger partial charge is 0.210 e. The first-order valence-corrected chi connectivity index (χ1v) is 7.93. The first-order chi connectivity index (χ1) is 9.90. The summed E-state index contributed by atoms with van der Waals surface area (Å²) in [5.41, 5.74) is 1.98. The van der Waals surface area contributed by atoms with Gasteiger partial charge in [-0.2, -0.15) is 0 Å². The standard InChI is InChI=1S/C16H18O4S/c1-11-5-7-14(9-12(11)2)21(17,18)16-10-13(19-3)6-8-15(16)20-4/h5-10H,1-4H3. The third kappa shape index (κ3) is 2.88. The van der Waals surface area contributed by atoms with Gasteiger partial charge in [-0.25, -0.2) is 8.42 Å². The Morgan fingerprint density at radius 1 is 0.857 bits per heavy atom. The monoisotopic (exact) mass is 306 g/mol. The van der Waals surface area contributed by atoms with Crippen molar-refractivity contribution in [1.82, 2.24) is 0 Å². The van der Waals surface area contributed by atoms with Crippen LogP contribution >= 0.6 is 0 Å². The summed E-state index contributed by atoms with van der Waals surface area (Å²) in [5, 5.41) is 0. The summed E-state index contributed by atoms with van der Waals surface area (Å²) < 4.78 is 35.9. The maximum absolute atomic E-state index is 12.8. The van der Waals surface area contributed by atoms with Gasteiger partial charge in [0, 0.05) is 6.07 Å². The molecule has 0 saturated heterocycles. The molecule has 2 rings (SSSR count). The van der Waals surface area contributed by atoms with Crippen molar-refractivity contribution in [2.24, 2.45) is 0 Å². The van der Waals surface area contributed by atoms with Gasteiger partial charge in [-0.1, -0.05) is 6.07 Å². The van der Waals surface area contributed by atoms with E-state index in [-0.39, 0.29) is 9.79 Å². The first-order valence-electron chi connectivity index (χ1n) is 6.44. The molecule has 2 aromatic rings. The Labute approximate surface area is 125 Å². The number of methoxy groups -OCH3 is 2. The van der Waals surface area contributed by atoms with E-state index in [9.17, 15) is 8.42 Å². The van der Waals surface area contributed by atoms with Gasteiger partial charge in [0.05, 0.1) is 19.1 Å². The van der Waals surface area contributed by atoms with Crippen molar-refractivity contribution >= 4 is 9.84 Å². The second-order valence-corrected chi connectivity index (χ2v) is 6.68. The molecular weight excluding hydrogens is 288 g/mol. The van der Waals surface area contributed by atoms with Crippen LogP contribution in [0.1, 0.15) is 11.1 Å². The van der Waals surface area contributed by atoms with Crippen LogP contribution in [0.3, 0.4) is 0 Å². The van der Waals surface area contributed by atoms with Crippen molar-refractivity contribution in [2.75, 3.05) is 14.2 Å². The maximum Gasteiger partial charge on any atom is 0.210 e. The quantitative estimate of drug-likeness (QED) is 0.870. The van der Waals surface area contributed by atoms with Gasteiger partial charge in [0.2, 0.25) is 9.84 Å². The summed E-state index contributed by atoms with van der Waals surface area (Å²) >= 11 is 0. The van der Waals surface area contributed by atoms with E-state index in [0.717, 1.165) is 11.1 Å². The molecule has 0 N–H and O–H groups in total. The van der Waals surface area contributed by atoms with Crippen molar-refractivity contribution < 1.29 is 17.9 Å². The van der Waals surface area contributed by atoms with E-state index < -0.39 is 9.84 Å². The average Bonchev–Trinajstić information content (AvgIpc) is 2.49. The van der Waals surface area contributed by atoms with Crippen LogP contribution < -0.4 is 9.47 Å². The molecule has 0 aliphatic carbocycles. The van der Waals surface area contributed by atoms with Gasteiger partial charge in [0.25, 0.3) is 0 Å². The van der Waals surface area contributed by atoms with Crippen molar-refractivity contribution in [3.05, 3.63) is 47.5 Å². The van der Waals surface area contributed by atoms with Crippen molar-refractivity contribution in [1.29, 1.82) is 0 Å². The average molecular weight is 306 g/mol. The van der Waals surface area contributed by atoms with E-state index in [0.29, 0.717) is 11.5 Å². The molecule has 0 atom stereocenters. The molecular formula is C16H18O4S. The number of hydrogen-bond donors (Lipinski definition) is 0. The minimum Gasteiger partial charge on any atom is -0.497 e. The molecule has 0 fully saturated rings. The van der Waals surface area contributed by atoms with Gasteiger partial charge in [-0.05, 0) is 49.2 Å². The summed E-state index contributed by atoms with van der Waals surface area (Å²) in [5.74, 6) is 0.771. The highest BCUT2D eigenvalue weighted by Crippen LogP contribution is 2.33. The lowest BCUT2D eigenvalue weighted by Gasteiger charge is -2.12. The topological polar surface area (TPSA) is 52.6 Å². The van der Waals surface area contributed by atoms with Crippen LogP contribution in [0.4, 0.5) is 0 Å². The van der Waals surface area contributed by atoms with Gasteiger partial charge < -0.3 is 9.47 Å². The Bertz CT molecular complexity index is 764. The molecule has 2 aromatic carbocycles. The summed E-state index contributed by atoms with van der Waals surface area (Å²) in [6, 6.07) is 9.81. The fourth-order valence-electron chi connectivity index (χ4n) is 2.00. The zero-order valence-corrected chi connectivity index (χ0v) is 13.3. The molecule has 112 valence electrons.